The first kappa shape index (κ1) is 21.1. The number of nitrogens with one attached hydrogen (secondary N) is 2. The SMILES string of the molecule is COc1ccc(CC[C@]2(C)NC(=O)N(CC(=O)NC3CCC(C)CC3)C2=O)cc1. The number of imide groups is 1. The van der Waals surface area contributed by atoms with E-state index in [1.54, 1.807) is 14.0 Å². The zero-order valence-corrected chi connectivity index (χ0v) is 17.5. The Labute approximate surface area is 172 Å². The van der Waals surface area contributed by atoms with Gasteiger partial charge in [0, 0.05) is 6.04 Å². The minimum absolute atomic E-state index is 0.140. The third-order valence-corrected chi connectivity index (χ3v) is 6.10. The van der Waals surface area contributed by atoms with Gasteiger partial charge in [-0.25, -0.2) is 4.79 Å². The Hall–Kier alpha value is -2.57. The topological polar surface area (TPSA) is 87.7 Å². The van der Waals surface area contributed by atoms with Crippen LogP contribution >= 0.6 is 0 Å². The highest BCUT2D eigenvalue weighted by atomic mass is 16.5. The summed E-state index contributed by atoms with van der Waals surface area (Å²) in [7, 11) is 1.61. The Morgan fingerprint density at radius 1 is 1.21 bits per heavy atom. The van der Waals surface area contributed by atoms with Gasteiger partial charge in [0.1, 0.15) is 17.8 Å². The number of hydrogen-bond acceptors (Lipinski definition) is 4. The molecule has 1 aliphatic carbocycles. The van der Waals surface area contributed by atoms with E-state index in [2.05, 4.69) is 17.6 Å². The summed E-state index contributed by atoms with van der Waals surface area (Å²) in [5.74, 6) is 0.853. The number of carbonyl (C=O) groups excluding carboxylic acids is 3. The molecule has 7 heteroatoms. The molecular formula is C22H31N3O4. The standard InChI is InChI=1S/C22H31N3O4/c1-15-4-8-17(9-5-15)23-19(26)14-25-20(27)22(2,24-21(25)28)13-12-16-6-10-18(29-3)11-7-16/h6-7,10-11,15,17H,4-5,8-9,12-14H2,1-3H3,(H,23,26)(H,24,28)/t15?,17?,22-/m0/s1. The fourth-order valence-electron chi connectivity index (χ4n) is 4.07. The van der Waals surface area contributed by atoms with Crippen LogP contribution in [0, 0.1) is 5.92 Å². The lowest BCUT2D eigenvalue weighted by Crippen LogP contribution is -2.47. The van der Waals surface area contributed by atoms with Crippen molar-refractivity contribution in [1.29, 1.82) is 0 Å². The van der Waals surface area contributed by atoms with Crippen molar-refractivity contribution >= 4 is 17.8 Å². The summed E-state index contributed by atoms with van der Waals surface area (Å²) >= 11 is 0. The van der Waals surface area contributed by atoms with E-state index in [-0.39, 0.29) is 24.4 Å². The number of aryl methyl sites for hydroxylation is 1. The monoisotopic (exact) mass is 401 g/mol. The minimum Gasteiger partial charge on any atom is -0.497 e. The molecular weight excluding hydrogens is 370 g/mol. The fraction of sp³-hybridized carbons (Fsp3) is 0.591. The van der Waals surface area contributed by atoms with Gasteiger partial charge in [0.05, 0.1) is 7.11 Å². The summed E-state index contributed by atoms with van der Waals surface area (Å²) in [5.41, 5.74) is 0.0502. The molecule has 2 N–H and O–H groups in total. The van der Waals surface area contributed by atoms with E-state index in [1.165, 1.54) is 0 Å². The van der Waals surface area contributed by atoms with E-state index in [9.17, 15) is 14.4 Å². The summed E-state index contributed by atoms with van der Waals surface area (Å²) in [4.78, 5) is 38.7. The third-order valence-electron chi connectivity index (χ3n) is 6.10. The zero-order chi connectivity index (χ0) is 21.0. The van der Waals surface area contributed by atoms with E-state index in [0.717, 1.165) is 41.9 Å². The van der Waals surface area contributed by atoms with E-state index < -0.39 is 11.6 Å². The molecule has 1 aromatic rings. The van der Waals surface area contributed by atoms with Crippen LogP contribution in [0.3, 0.4) is 0 Å². The molecule has 2 fully saturated rings. The Kier molecular flexibility index (Phi) is 6.45. The van der Waals surface area contributed by atoms with Crippen molar-refractivity contribution in [1.82, 2.24) is 15.5 Å². The van der Waals surface area contributed by atoms with Crippen molar-refractivity contribution in [2.24, 2.45) is 5.92 Å². The molecule has 1 saturated heterocycles. The van der Waals surface area contributed by atoms with Crippen LogP contribution in [0.5, 0.6) is 5.75 Å². The molecule has 7 nitrogen and oxygen atoms in total. The number of ether oxygens (including phenoxy) is 1. The van der Waals surface area contributed by atoms with Crippen molar-refractivity contribution in [3.8, 4) is 5.75 Å². The normalized spacial score (nSPS) is 26.9. The number of methoxy groups -OCH3 is 1. The molecule has 158 valence electrons. The molecule has 1 aliphatic heterocycles. The van der Waals surface area contributed by atoms with Crippen molar-refractivity contribution < 1.29 is 19.1 Å². The number of nitrogens with zero attached hydrogens (tertiary/aromatic N) is 1. The van der Waals surface area contributed by atoms with Crippen LogP contribution < -0.4 is 15.4 Å². The number of amides is 4. The Bertz CT molecular complexity index is 756. The lowest BCUT2D eigenvalue weighted by molar-refractivity contribution is -0.135. The predicted octanol–water partition coefficient (Wildman–Crippen LogP) is 2.63. The Morgan fingerprint density at radius 2 is 1.86 bits per heavy atom. The van der Waals surface area contributed by atoms with Crippen LogP contribution in [-0.2, 0) is 16.0 Å². The lowest BCUT2D eigenvalue weighted by Gasteiger charge is -2.27. The average molecular weight is 402 g/mol. The van der Waals surface area contributed by atoms with E-state index in [0.29, 0.717) is 18.8 Å². The van der Waals surface area contributed by atoms with Crippen LogP contribution in [0.15, 0.2) is 24.3 Å². The van der Waals surface area contributed by atoms with Crippen LogP contribution in [0.2, 0.25) is 0 Å². The first-order chi connectivity index (χ1) is 13.8. The number of hydrogen-bond donors (Lipinski definition) is 2. The maximum Gasteiger partial charge on any atom is 0.325 e. The van der Waals surface area contributed by atoms with Crippen LogP contribution in [0.1, 0.15) is 51.5 Å². The van der Waals surface area contributed by atoms with Gasteiger partial charge in [-0.15, -0.1) is 0 Å². The van der Waals surface area contributed by atoms with Gasteiger partial charge >= 0.3 is 6.03 Å². The zero-order valence-electron chi connectivity index (χ0n) is 17.5. The van der Waals surface area contributed by atoms with Crippen LogP contribution in [0.25, 0.3) is 0 Å². The van der Waals surface area contributed by atoms with Gasteiger partial charge in [0.15, 0.2) is 0 Å². The Morgan fingerprint density at radius 3 is 2.48 bits per heavy atom. The lowest BCUT2D eigenvalue weighted by atomic mass is 9.87. The van der Waals surface area contributed by atoms with Crippen molar-refractivity contribution in [2.45, 2.75) is 64.0 Å². The molecule has 0 spiro atoms. The molecule has 4 amide bonds. The minimum atomic E-state index is -1.00. The molecule has 2 aliphatic rings. The molecule has 1 aromatic carbocycles. The van der Waals surface area contributed by atoms with Gasteiger partial charge < -0.3 is 15.4 Å². The maximum atomic E-state index is 12.9. The molecule has 1 saturated carbocycles. The van der Waals surface area contributed by atoms with E-state index in [1.807, 2.05) is 24.3 Å². The summed E-state index contributed by atoms with van der Waals surface area (Å²) in [6.45, 7) is 3.71. The number of benzene rings is 1. The largest absolute Gasteiger partial charge is 0.497 e. The number of carbonyl (C=O) groups is 3. The molecule has 1 heterocycles. The molecule has 1 atom stereocenters. The van der Waals surface area contributed by atoms with Crippen molar-refractivity contribution in [3.05, 3.63) is 29.8 Å². The highest BCUT2D eigenvalue weighted by Gasteiger charge is 2.47. The van der Waals surface area contributed by atoms with Crippen LogP contribution in [-0.4, -0.2) is 48.0 Å². The first-order valence-corrected chi connectivity index (χ1v) is 10.4. The fourth-order valence-corrected chi connectivity index (χ4v) is 4.07. The average Bonchev–Trinajstić information content (AvgIpc) is 2.92. The molecule has 0 bridgehead atoms. The maximum absolute atomic E-state index is 12.9. The summed E-state index contributed by atoms with van der Waals surface area (Å²) in [6, 6.07) is 7.27. The van der Waals surface area contributed by atoms with Crippen LogP contribution in [0.4, 0.5) is 4.79 Å². The van der Waals surface area contributed by atoms with Gasteiger partial charge in [0.25, 0.3) is 5.91 Å². The molecule has 0 unspecified atom stereocenters. The van der Waals surface area contributed by atoms with Crippen molar-refractivity contribution in [3.63, 3.8) is 0 Å². The highest BCUT2D eigenvalue weighted by Crippen LogP contribution is 2.25. The van der Waals surface area contributed by atoms with Gasteiger partial charge in [-0.3, -0.25) is 14.5 Å². The molecule has 0 radical (unpaired) electrons. The quantitative estimate of drug-likeness (QED) is 0.688. The van der Waals surface area contributed by atoms with E-state index >= 15 is 0 Å². The second-order valence-corrected chi connectivity index (χ2v) is 8.53. The molecule has 0 aromatic heterocycles. The second kappa shape index (κ2) is 8.84. The van der Waals surface area contributed by atoms with E-state index in [4.69, 9.17) is 4.74 Å². The summed E-state index contributed by atoms with van der Waals surface area (Å²) < 4.78 is 5.15. The highest BCUT2D eigenvalue weighted by molar-refractivity contribution is 6.08. The first-order valence-electron chi connectivity index (χ1n) is 10.4. The van der Waals surface area contributed by atoms with Gasteiger partial charge in [0.2, 0.25) is 5.91 Å². The van der Waals surface area contributed by atoms with Gasteiger partial charge in [-0.1, -0.05) is 19.1 Å². The summed E-state index contributed by atoms with van der Waals surface area (Å²) in [5, 5.41) is 5.75. The smallest absolute Gasteiger partial charge is 0.325 e. The van der Waals surface area contributed by atoms with Gasteiger partial charge in [-0.05, 0) is 69.1 Å². The second-order valence-electron chi connectivity index (χ2n) is 8.53. The number of urea groups is 1. The third kappa shape index (κ3) is 5.08. The Balaban J connectivity index is 1.54. The van der Waals surface area contributed by atoms with Crippen molar-refractivity contribution in [2.75, 3.05) is 13.7 Å². The predicted molar refractivity (Wildman–Crippen MR) is 110 cm³/mol. The van der Waals surface area contributed by atoms with Gasteiger partial charge in [-0.2, -0.15) is 0 Å². The molecule has 29 heavy (non-hydrogen) atoms. The number of rotatable bonds is 7. The summed E-state index contributed by atoms with van der Waals surface area (Å²) in [6.07, 6.45) is 5.18. The molecule has 3 rings (SSSR count).